The van der Waals surface area contributed by atoms with Gasteiger partial charge in [-0.3, -0.25) is 4.79 Å². The zero-order valence-electron chi connectivity index (χ0n) is 15.9. The molecule has 7 nitrogen and oxygen atoms in total. The van der Waals surface area contributed by atoms with Crippen LogP contribution in [0.15, 0.2) is 24.3 Å². The Morgan fingerprint density at radius 1 is 1.18 bits per heavy atom. The third-order valence-corrected chi connectivity index (χ3v) is 5.24. The fourth-order valence-electron chi connectivity index (χ4n) is 3.85. The Morgan fingerprint density at radius 3 is 2.64 bits per heavy atom. The van der Waals surface area contributed by atoms with Crippen LogP contribution in [0.1, 0.15) is 47.9 Å². The zero-order chi connectivity index (χ0) is 20.2. The summed E-state index contributed by atoms with van der Waals surface area (Å²) in [6.45, 7) is 4.03. The number of ether oxygens (including phenoxy) is 3. The van der Waals surface area contributed by atoms with Crippen molar-refractivity contribution in [2.45, 2.75) is 44.5 Å². The van der Waals surface area contributed by atoms with Crippen molar-refractivity contribution in [2.24, 2.45) is 0 Å². The van der Waals surface area contributed by atoms with E-state index in [4.69, 9.17) is 14.2 Å². The SMILES string of the molecule is COc1c([C@H]2Oc3cc(O)cc(O)c3C(=O)[C@@H]2O)ccc2c1CCC(C)(C)O2. The molecule has 0 saturated heterocycles. The summed E-state index contributed by atoms with van der Waals surface area (Å²) in [5, 5.41) is 30.3. The van der Waals surface area contributed by atoms with Gasteiger partial charge in [-0.1, -0.05) is 0 Å². The molecule has 3 N–H and O–H groups in total. The minimum absolute atomic E-state index is 0.00922. The van der Waals surface area contributed by atoms with Crippen LogP contribution in [0, 0.1) is 0 Å². The monoisotopic (exact) mass is 386 g/mol. The number of ketones is 1. The maximum Gasteiger partial charge on any atom is 0.202 e. The van der Waals surface area contributed by atoms with E-state index in [2.05, 4.69) is 0 Å². The number of phenolic OH excluding ortho intramolecular Hbond substituents is 2. The number of methoxy groups -OCH3 is 1. The molecule has 148 valence electrons. The maximum atomic E-state index is 12.7. The summed E-state index contributed by atoms with van der Waals surface area (Å²) < 4.78 is 17.5. The van der Waals surface area contributed by atoms with Gasteiger partial charge in [-0.2, -0.15) is 0 Å². The van der Waals surface area contributed by atoms with Crippen LogP contribution in [0.25, 0.3) is 0 Å². The van der Waals surface area contributed by atoms with Gasteiger partial charge in [0.15, 0.2) is 12.2 Å². The minimum Gasteiger partial charge on any atom is -0.508 e. The second-order valence-corrected chi connectivity index (χ2v) is 7.71. The van der Waals surface area contributed by atoms with Crippen molar-refractivity contribution in [3.05, 3.63) is 41.0 Å². The van der Waals surface area contributed by atoms with Crippen LogP contribution in [0.3, 0.4) is 0 Å². The molecule has 0 fully saturated rings. The Hall–Kier alpha value is -2.93. The Kier molecular flexibility index (Phi) is 4.15. The summed E-state index contributed by atoms with van der Waals surface area (Å²) in [6, 6.07) is 5.76. The van der Waals surface area contributed by atoms with Gasteiger partial charge in [0.2, 0.25) is 5.78 Å². The largest absolute Gasteiger partial charge is 0.508 e. The fraction of sp³-hybridized carbons (Fsp3) is 0.381. The molecule has 0 saturated carbocycles. The Bertz CT molecular complexity index is 964. The summed E-state index contributed by atoms with van der Waals surface area (Å²) in [6.07, 6.45) is -1.07. The lowest BCUT2D eigenvalue weighted by atomic mass is 9.88. The van der Waals surface area contributed by atoms with Gasteiger partial charge in [0.1, 0.15) is 39.9 Å². The Labute approximate surface area is 162 Å². The zero-order valence-corrected chi connectivity index (χ0v) is 15.9. The van der Waals surface area contributed by atoms with Gasteiger partial charge < -0.3 is 29.5 Å². The highest BCUT2D eigenvalue weighted by molar-refractivity contribution is 6.05. The van der Waals surface area contributed by atoms with E-state index in [1.165, 1.54) is 13.2 Å². The van der Waals surface area contributed by atoms with Gasteiger partial charge in [-0.25, -0.2) is 0 Å². The summed E-state index contributed by atoms with van der Waals surface area (Å²) in [5.74, 6) is -0.157. The molecule has 0 radical (unpaired) electrons. The maximum absolute atomic E-state index is 12.7. The van der Waals surface area contributed by atoms with Crippen LogP contribution in [-0.2, 0) is 6.42 Å². The molecule has 0 unspecified atom stereocenters. The number of carbonyl (C=O) groups is 1. The molecule has 7 heteroatoms. The topological polar surface area (TPSA) is 105 Å². The van der Waals surface area contributed by atoms with E-state index in [0.29, 0.717) is 23.5 Å². The summed E-state index contributed by atoms with van der Waals surface area (Å²) in [4.78, 5) is 12.7. The molecule has 0 amide bonds. The number of aliphatic hydroxyl groups excluding tert-OH is 1. The summed E-state index contributed by atoms with van der Waals surface area (Å²) >= 11 is 0. The first-order chi connectivity index (χ1) is 13.2. The normalized spacial score (nSPS) is 22.5. The predicted molar refractivity (Wildman–Crippen MR) is 99.5 cm³/mol. The average Bonchev–Trinajstić information content (AvgIpc) is 2.62. The first kappa shape index (κ1) is 18.4. The lowest BCUT2D eigenvalue weighted by Gasteiger charge is -2.35. The minimum atomic E-state index is -1.53. The molecule has 2 heterocycles. The van der Waals surface area contributed by atoms with Crippen molar-refractivity contribution >= 4 is 5.78 Å². The van der Waals surface area contributed by atoms with E-state index in [1.807, 2.05) is 13.8 Å². The smallest absolute Gasteiger partial charge is 0.202 e. The second-order valence-electron chi connectivity index (χ2n) is 7.71. The highest BCUT2D eigenvalue weighted by Gasteiger charge is 2.41. The fourth-order valence-corrected chi connectivity index (χ4v) is 3.85. The Balaban J connectivity index is 1.80. The lowest BCUT2D eigenvalue weighted by molar-refractivity contribution is 0.0200. The van der Waals surface area contributed by atoms with Crippen molar-refractivity contribution in [3.63, 3.8) is 0 Å². The van der Waals surface area contributed by atoms with E-state index in [1.54, 1.807) is 12.1 Å². The van der Waals surface area contributed by atoms with Crippen molar-refractivity contribution < 1.29 is 34.3 Å². The molecule has 0 spiro atoms. The molecule has 2 aromatic rings. The number of hydrogen-bond donors (Lipinski definition) is 3. The first-order valence-corrected chi connectivity index (χ1v) is 9.05. The highest BCUT2D eigenvalue weighted by Crippen LogP contribution is 2.47. The number of Topliss-reactive ketones (excluding diaryl/α,β-unsaturated/α-hetero) is 1. The van der Waals surface area contributed by atoms with Gasteiger partial charge in [-0.15, -0.1) is 0 Å². The van der Waals surface area contributed by atoms with Crippen LogP contribution in [0.2, 0.25) is 0 Å². The molecule has 2 atom stereocenters. The number of phenols is 2. The molecule has 0 aromatic heterocycles. The third kappa shape index (κ3) is 2.82. The molecule has 4 rings (SSSR count). The molecule has 2 aromatic carbocycles. The number of benzene rings is 2. The van der Waals surface area contributed by atoms with Crippen molar-refractivity contribution in [3.8, 4) is 28.7 Å². The Morgan fingerprint density at radius 2 is 1.93 bits per heavy atom. The van der Waals surface area contributed by atoms with Gasteiger partial charge >= 0.3 is 0 Å². The molecule has 28 heavy (non-hydrogen) atoms. The number of hydrogen-bond acceptors (Lipinski definition) is 7. The van der Waals surface area contributed by atoms with E-state index in [0.717, 1.165) is 18.1 Å². The number of aliphatic hydroxyl groups is 1. The summed E-state index contributed by atoms with van der Waals surface area (Å²) in [5.41, 5.74) is 0.916. The molecular weight excluding hydrogens is 364 g/mol. The number of rotatable bonds is 2. The number of carbonyl (C=O) groups excluding carboxylic acids is 1. The third-order valence-electron chi connectivity index (χ3n) is 5.24. The molecule has 2 aliphatic heterocycles. The van der Waals surface area contributed by atoms with Crippen molar-refractivity contribution in [2.75, 3.05) is 7.11 Å². The quantitative estimate of drug-likeness (QED) is 0.729. The van der Waals surface area contributed by atoms with E-state index in [-0.39, 0.29) is 22.7 Å². The lowest BCUT2D eigenvalue weighted by Crippen LogP contribution is -2.37. The van der Waals surface area contributed by atoms with Crippen LogP contribution in [0.4, 0.5) is 0 Å². The number of fused-ring (bicyclic) bond motifs is 2. The van der Waals surface area contributed by atoms with Crippen LogP contribution in [0.5, 0.6) is 28.7 Å². The first-order valence-electron chi connectivity index (χ1n) is 9.05. The van der Waals surface area contributed by atoms with Gasteiger partial charge in [0.25, 0.3) is 0 Å². The van der Waals surface area contributed by atoms with Crippen LogP contribution < -0.4 is 14.2 Å². The molecule has 0 aliphatic carbocycles. The number of aromatic hydroxyl groups is 2. The molecular formula is C21H22O7. The van der Waals surface area contributed by atoms with Crippen molar-refractivity contribution in [1.29, 1.82) is 0 Å². The van der Waals surface area contributed by atoms with Gasteiger partial charge in [-0.05, 0) is 38.8 Å². The van der Waals surface area contributed by atoms with Gasteiger partial charge in [0.05, 0.1) is 7.11 Å². The second kappa shape index (κ2) is 6.31. The molecule has 0 bridgehead atoms. The van der Waals surface area contributed by atoms with Crippen LogP contribution >= 0.6 is 0 Å². The molecule has 2 aliphatic rings. The van der Waals surface area contributed by atoms with E-state index in [9.17, 15) is 20.1 Å². The highest BCUT2D eigenvalue weighted by atomic mass is 16.5. The van der Waals surface area contributed by atoms with E-state index < -0.39 is 23.7 Å². The standard InChI is InChI=1S/C21H22O7/c1-21(2)7-6-11-14(28-21)5-4-12(19(11)26-3)20-18(25)17(24)16-13(23)8-10(22)9-15(16)27-20/h4-5,8-9,18,20,22-23,25H,6-7H2,1-3H3/t18-,20+/m0/s1. The van der Waals surface area contributed by atoms with Crippen molar-refractivity contribution in [1.82, 2.24) is 0 Å². The average molecular weight is 386 g/mol. The summed E-state index contributed by atoms with van der Waals surface area (Å²) in [7, 11) is 1.52. The predicted octanol–water partition coefficient (Wildman–Crippen LogP) is 2.89. The van der Waals surface area contributed by atoms with Gasteiger partial charge in [0, 0.05) is 23.3 Å². The van der Waals surface area contributed by atoms with Crippen LogP contribution in [-0.4, -0.2) is 39.9 Å². The van der Waals surface area contributed by atoms with E-state index >= 15 is 0 Å².